The van der Waals surface area contributed by atoms with Gasteiger partial charge in [0.25, 0.3) is 5.91 Å². The summed E-state index contributed by atoms with van der Waals surface area (Å²) in [5.74, 6) is -0.184. The first-order valence-corrected chi connectivity index (χ1v) is 12.6. The number of benzene rings is 1. The number of hydrogen-bond acceptors (Lipinski definition) is 7. The van der Waals surface area contributed by atoms with Crippen LogP contribution in [0.1, 0.15) is 47.4 Å². The fraction of sp³-hybridized carbons (Fsp3) is 0.400. The van der Waals surface area contributed by atoms with E-state index in [4.69, 9.17) is 10.8 Å². The second-order valence-electron chi connectivity index (χ2n) is 9.20. The van der Waals surface area contributed by atoms with Crippen molar-refractivity contribution >= 4 is 50.3 Å². The number of aromatic nitrogens is 4. The van der Waals surface area contributed by atoms with Gasteiger partial charge in [0.15, 0.2) is 11.3 Å². The van der Waals surface area contributed by atoms with Gasteiger partial charge in [0.2, 0.25) is 5.91 Å². The molecule has 1 saturated heterocycles. The van der Waals surface area contributed by atoms with Gasteiger partial charge in [0.1, 0.15) is 12.1 Å². The number of nitrogens with two attached hydrogens (primary N) is 1. The number of piperidine rings is 1. The van der Waals surface area contributed by atoms with Crippen molar-refractivity contribution in [1.29, 1.82) is 0 Å². The Bertz CT molecular complexity index is 1330. The number of amides is 2. The molecule has 2 aromatic heterocycles. The molecule has 0 bridgehead atoms. The number of anilines is 2. The SMILES string of the molecule is CC=CN1CCC[C@@H](n2nc(C(=O)Nc3cc(Br)c(CC(=O)N(C)C)cc3C)c3c(N)ncnc32)C1. The van der Waals surface area contributed by atoms with E-state index in [1.165, 1.54) is 6.33 Å². The summed E-state index contributed by atoms with van der Waals surface area (Å²) in [4.78, 5) is 38.0. The third-order valence-electron chi connectivity index (χ3n) is 6.35. The standard InChI is InChI=1S/C25H31BrN8O2/c1-5-8-33-9-6-7-17(13-33)34-24-21(23(27)28-14-29-24)22(31-34)25(36)30-19-12-18(26)16(10-15(19)2)11-20(35)32(3)4/h5,8,10,12,14,17H,6-7,9,11,13H2,1-4H3,(H,30,36)(H2,27,28,29)/t17-/m1/s1. The minimum atomic E-state index is -0.395. The Morgan fingerprint density at radius 2 is 2.08 bits per heavy atom. The van der Waals surface area contributed by atoms with E-state index in [1.54, 1.807) is 25.1 Å². The number of carbonyl (C=O) groups excluding carboxylic acids is 2. The summed E-state index contributed by atoms with van der Waals surface area (Å²) in [5.41, 5.74) is 9.23. The smallest absolute Gasteiger partial charge is 0.277 e. The lowest BCUT2D eigenvalue weighted by molar-refractivity contribution is -0.127. The number of nitrogen functional groups attached to an aromatic ring is 1. The third-order valence-corrected chi connectivity index (χ3v) is 7.09. The van der Waals surface area contributed by atoms with Crippen LogP contribution in [0, 0.1) is 6.92 Å². The summed E-state index contributed by atoms with van der Waals surface area (Å²) in [7, 11) is 3.45. The van der Waals surface area contributed by atoms with Gasteiger partial charge < -0.3 is 20.9 Å². The van der Waals surface area contributed by atoms with Crippen LogP contribution in [0.15, 0.2) is 35.2 Å². The molecule has 0 aliphatic carbocycles. The maximum Gasteiger partial charge on any atom is 0.277 e. The van der Waals surface area contributed by atoms with Crippen LogP contribution < -0.4 is 11.1 Å². The number of rotatable bonds is 6. The van der Waals surface area contributed by atoms with E-state index in [-0.39, 0.29) is 29.9 Å². The maximum absolute atomic E-state index is 13.5. The first-order chi connectivity index (χ1) is 17.2. The molecule has 0 radical (unpaired) electrons. The number of nitrogens with one attached hydrogen (secondary N) is 1. The quantitative estimate of drug-likeness (QED) is 0.477. The first kappa shape index (κ1) is 25.6. The fourth-order valence-corrected chi connectivity index (χ4v) is 4.94. The summed E-state index contributed by atoms with van der Waals surface area (Å²) < 4.78 is 2.56. The predicted molar refractivity (Wildman–Crippen MR) is 144 cm³/mol. The first-order valence-electron chi connectivity index (χ1n) is 11.9. The van der Waals surface area contributed by atoms with Gasteiger partial charge in [0.05, 0.1) is 17.8 Å². The Balaban J connectivity index is 1.66. The summed E-state index contributed by atoms with van der Waals surface area (Å²) >= 11 is 3.54. The molecule has 3 N–H and O–H groups in total. The molecular weight excluding hydrogens is 524 g/mol. The van der Waals surface area contributed by atoms with Crippen LogP contribution in [0.5, 0.6) is 0 Å². The second-order valence-corrected chi connectivity index (χ2v) is 10.1. The number of likely N-dealkylation sites (tertiary alicyclic amines) is 1. The van der Waals surface area contributed by atoms with Crippen LogP contribution in [-0.2, 0) is 11.2 Å². The molecule has 4 rings (SSSR count). The highest BCUT2D eigenvalue weighted by Crippen LogP contribution is 2.30. The van der Waals surface area contributed by atoms with Gasteiger partial charge in [-0.25, -0.2) is 14.6 Å². The van der Waals surface area contributed by atoms with Crippen molar-refractivity contribution < 1.29 is 9.59 Å². The third kappa shape index (κ3) is 5.20. The van der Waals surface area contributed by atoms with E-state index >= 15 is 0 Å². The number of carbonyl (C=O) groups is 2. The van der Waals surface area contributed by atoms with Crippen molar-refractivity contribution in [1.82, 2.24) is 29.5 Å². The minimum absolute atomic E-state index is 0.00456. The van der Waals surface area contributed by atoms with E-state index in [0.717, 1.165) is 41.5 Å². The molecule has 0 unspecified atom stereocenters. The van der Waals surface area contributed by atoms with E-state index < -0.39 is 5.91 Å². The Labute approximate surface area is 218 Å². The van der Waals surface area contributed by atoms with E-state index in [2.05, 4.69) is 42.3 Å². The van der Waals surface area contributed by atoms with Crippen LogP contribution in [0.3, 0.4) is 0 Å². The van der Waals surface area contributed by atoms with Gasteiger partial charge in [-0.2, -0.15) is 5.10 Å². The van der Waals surface area contributed by atoms with Crippen molar-refractivity contribution in [3.8, 4) is 0 Å². The molecule has 0 spiro atoms. The van der Waals surface area contributed by atoms with Gasteiger partial charge in [0, 0.05) is 37.3 Å². The molecule has 2 amide bonds. The molecule has 36 heavy (non-hydrogen) atoms. The number of halogens is 1. The number of fused-ring (bicyclic) bond motifs is 1. The second kappa shape index (κ2) is 10.7. The molecule has 1 aliphatic heterocycles. The molecule has 3 heterocycles. The largest absolute Gasteiger partial charge is 0.383 e. The number of likely N-dealkylation sites (N-methyl/N-ethyl adjacent to an activating group) is 1. The van der Waals surface area contributed by atoms with Gasteiger partial charge in [-0.3, -0.25) is 9.59 Å². The van der Waals surface area contributed by atoms with E-state index in [1.807, 2.05) is 30.7 Å². The van der Waals surface area contributed by atoms with Crippen LogP contribution in [0.2, 0.25) is 0 Å². The monoisotopic (exact) mass is 554 g/mol. The van der Waals surface area contributed by atoms with Crippen LogP contribution in [0.25, 0.3) is 11.0 Å². The number of aryl methyl sites for hydroxylation is 1. The van der Waals surface area contributed by atoms with Crippen molar-refractivity contribution in [2.45, 2.75) is 39.2 Å². The van der Waals surface area contributed by atoms with Crippen LogP contribution in [-0.4, -0.2) is 68.5 Å². The molecule has 11 heteroatoms. The average molecular weight is 555 g/mol. The zero-order valence-electron chi connectivity index (χ0n) is 21.0. The molecule has 190 valence electrons. The summed E-state index contributed by atoms with van der Waals surface area (Å²) in [6, 6.07) is 3.76. The molecule has 1 aromatic carbocycles. The lowest BCUT2D eigenvalue weighted by Crippen LogP contribution is -2.33. The zero-order valence-corrected chi connectivity index (χ0v) is 22.5. The Morgan fingerprint density at radius 1 is 1.31 bits per heavy atom. The Morgan fingerprint density at radius 3 is 2.81 bits per heavy atom. The average Bonchev–Trinajstić information content (AvgIpc) is 3.24. The maximum atomic E-state index is 13.5. The number of hydrogen-bond donors (Lipinski definition) is 2. The highest BCUT2D eigenvalue weighted by atomic mass is 79.9. The molecule has 0 saturated carbocycles. The van der Waals surface area contributed by atoms with Gasteiger partial charge in [-0.05, 0) is 50.1 Å². The lowest BCUT2D eigenvalue weighted by atomic mass is 10.1. The number of nitrogens with zero attached hydrogens (tertiary/aromatic N) is 6. The summed E-state index contributed by atoms with van der Waals surface area (Å²) in [6.07, 6.45) is 7.69. The highest BCUT2D eigenvalue weighted by Gasteiger charge is 2.28. The van der Waals surface area contributed by atoms with Gasteiger partial charge >= 0.3 is 0 Å². The van der Waals surface area contributed by atoms with Crippen LogP contribution in [0.4, 0.5) is 11.5 Å². The molecule has 1 atom stereocenters. The zero-order chi connectivity index (χ0) is 26.0. The van der Waals surface area contributed by atoms with Gasteiger partial charge in [-0.1, -0.05) is 28.1 Å². The molecular formula is C25H31BrN8O2. The van der Waals surface area contributed by atoms with Gasteiger partial charge in [-0.15, -0.1) is 0 Å². The molecule has 1 fully saturated rings. The summed E-state index contributed by atoms with van der Waals surface area (Å²) in [6.45, 7) is 5.63. The van der Waals surface area contributed by atoms with Crippen LogP contribution >= 0.6 is 15.9 Å². The molecule has 10 nitrogen and oxygen atoms in total. The highest BCUT2D eigenvalue weighted by molar-refractivity contribution is 9.10. The molecule has 1 aliphatic rings. The lowest BCUT2D eigenvalue weighted by Gasteiger charge is -2.32. The fourth-order valence-electron chi connectivity index (χ4n) is 4.45. The summed E-state index contributed by atoms with van der Waals surface area (Å²) in [5, 5.41) is 8.11. The van der Waals surface area contributed by atoms with E-state index in [9.17, 15) is 9.59 Å². The topological polar surface area (TPSA) is 122 Å². The molecule has 3 aromatic rings. The van der Waals surface area contributed by atoms with Crippen molar-refractivity contribution in [2.75, 3.05) is 38.2 Å². The Hall–Kier alpha value is -3.47. The number of allylic oxidation sites excluding steroid dienone is 1. The Kier molecular flexibility index (Phi) is 7.58. The minimum Gasteiger partial charge on any atom is -0.383 e. The predicted octanol–water partition coefficient (Wildman–Crippen LogP) is 3.53. The van der Waals surface area contributed by atoms with E-state index in [0.29, 0.717) is 16.7 Å². The van der Waals surface area contributed by atoms with Crippen molar-refractivity contribution in [3.63, 3.8) is 0 Å². The van der Waals surface area contributed by atoms with Crippen molar-refractivity contribution in [3.05, 3.63) is 52.0 Å². The van der Waals surface area contributed by atoms with Crippen molar-refractivity contribution in [2.24, 2.45) is 0 Å². The normalized spacial score (nSPS) is 16.0.